The first kappa shape index (κ1) is 8.35. The van der Waals surface area contributed by atoms with E-state index in [9.17, 15) is 0 Å². The fourth-order valence-electron chi connectivity index (χ4n) is 1.21. The molecular formula is C10H13NO2. The van der Waals surface area contributed by atoms with Crippen molar-refractivity contribution >= 4 is 0 Å². The van der Waals surface area contributed by atoms with Gasteiger partial charge in [-0.15, -0.1) is 0 Å². The molecular weight excluding hydrogens is 166 g/mol. The Hall–Kier alpha value is -1.25. The molecule has 0 fully saturated rings. The molecule has 2 heterocycles. The van der Waals surface area contributed by atoms with Gasteiger partial charge in [0.25, 0.3) is 5.88 Å². The van der Waals surface area contributed by atoms with Crippen molar-refractivity contribution < 1.29 is 9.47 Å². The molecule has 0 saturated carbocycles. The number of fused-ring (bicyclic) bond motifs is 1. The van der Waals surface area contributed by atoms with Crippen LogP contribution in [-0.4, -0.2) is 11.8 Å². The molecule has 1 aromatic rings. The summed E-state index contributed by atoms with van der Waals surface area (Å²) in [6.07, 6.45) is 0. The van der Waals surface area contributed by atoms with Gasteiger partial charge in [-0.2, -0.15) is 0 Å². The zero-order valence-corrected chi connectivity index (χ0v) is 8.13. The molecule has 1 aromatic heterocycles. The van der Waals surface area contributed by atoms with Gasteiger partial charge in [0.2, 0.25) is 6.79 Å². The first-order chi connectivity index (χ1) is 6.07. The molecule has 1 aliphatic heterocycles. The highest BCUT2D eigenvalue weighted by Crippen LogP contribution is 2.32. The molecule has 0 spiro atoms. The molecule has 0 N–H and O–H groups in total. The number of ether oxygens (including phenoxy) is 2. The van der Waals surface area contributed by atoms with E-state index in [0.29, 0.717) is 5.88 Å². The molecule has 0 aliphatic carbocycles. The van der Waals surface area contributed by atoms with Crippen LogP contribution < -0.4 is 9.47 Å². The van der Waals surface area contributed by atoms with E-state index in [1.54, 1.807) is 0 Å². The largest absolute Gasteiger partial charge is 0.452 e. The summed E-state index contributed by atoms with van der Waals surface area (Å²) in [4.78, 5) is 4.38. The van der Waals surface area contributed by atoms with Crippen LogP contribution >= 0.6 is 0 Å². The van der Waals surface area contributed by atoms with Gasteiger partial charge in [-0.3, -0.25) is 0 Å². The summed E-state index contributed by atoms with van der Waals surface area (Å²) in [7, 11) is 0. The average Bonchev–Trinajstić information content (AvgIpc) is 2.47. The third-order valence-electron chi connectivity index (χ3n) is 2.00. The van der Waals surface area contributed by atoms with Crippen molar-refractivity contribution in [2.75, 3.05) is 6.79 Å². The molecule has 13 heavy (non-hydrogen) atoms. The summed E-state index contributed by atoms with van der Waals surface area (Å²) in [6, 6.07) is 3.89. The molecule has 0 unspecified atom stereocenters. The van der Waals surface area contributed by atoms with Crippen molar-refractivity contribution in [1.82, 2.24) is 4.98 Å². The molecule has 70 valence electrons. The van der Waals surface area contributed by atoms with Gasteiger partial charge in [0, 0.05) is 5.41 Å². The predicted octanol–water partition coefficient (Wildman–Crippen LogP) is 2.11. The summed E-state index contributed by atoms with van der Waals surface area (Å²) < 4.78 is 10.4. The van der Waals surface area contributed by atoms with E-state index >= 15 is 0 Å². The van der Waals surface area contributed by atoms with E-state index in [1.165, 1.54) is 0 Å². The van der Waals surface area contributed by atoms with Gasteiger partial charge in [0.05, 0.1) is 5.69 Å². The third-order valence-corrected chi connectivity index (χ3v) is 2.00. The second-order valence-corrected chi connectivity index (χ2v) is 4.16. The molecule has 3 heteroatoms. The highest BCUT2D eigenvalue weighted by molar-refractivity contribution is 5.37. The summed E-state index contributed by atoms with van der Waals surface area (Å²) in [6.45, 7) is 6.66. The topological polar surface area (TPSA) is 31.4 Å². The van der Waals surface area contributed by atoms with Crippen molar-refractivity contribution in [3.8, 4) is 11.6 Å². The van der Waals surface area contributed by atoms with Gasteiger partial charge in [-0.25, -0.2) is 4.98 Å². The Bertz CT molecular complexity index is 328. The van der Waals surface area contributed by atoms with E-state index in [2.05, 4.69) is 25.8 Å². The number of hydrogen-bond donors (Lipinski definition) is 0. The Morgan fingerprint density at radius 2 is 2.00 bits per heavy atom. The quantitative estimate of drug-likeness (QED) is 0.611. The lowest BCUT2D eigenvalue weighted by Gasteiger charge is -2.17. The zero-order valence-electron chi connectivity index (χ0n) is 8.13. The standard InChI is InChI=1S/C10H13NO2/c1-10(2,3)8-5-4-7-9(11-8)13-6-12-7/h4-5H,6H2,1-3H3. The van der Waals surface area contributed by atoms with Gasteiger partial charge < -0.3 is 9.47 Å². The van der Waals surface area contributed by atoms with Crippen LogP contribution in [0.2, 0.25) is 0 Å². The van der Waals surface area contributed by atoms with E-state index in [0.717, 1.165) is 11.4 Å². The van der Waals surface area contributed by atoms with Crippen molar-refractivity contribution in [2.24, 2.45) is 0 Å². The first-order valence-corrected chi connectivity index (χ1v) is 4.34. The second-order valence-electron chi connectivity index (χ2n) is 4.16. The third kappa shape index (κ3) is 1.46. The maximum Gasteiger partial charge on any atom is 0.260 e. The van der Waals surface area contributed by atoms with Crippen LogP contribution in [0, 0.1) is 0 Å². The highest BCUT2D eigenvalue weighted by Gasteiger charge is 2.21. The fraction of sp³-hybridized carbons (Fsp3) is 0.500. The van der Waals surface area contributed by atoms with Gasteiger partial charge in [-0.1, -0.05) is 20.8 Å². The lowest BCUT2D eigenvalue weighted by molar-refractivity contribution is 0.170. The number of rotatable bonds is 0. The van der Waals surface area contributed by atoms with E-state index < -0.39 is 0 Å². The summed E-state index contributed by atoms with van der Waals surface area (Å²) in [5, 5.41) is 0. The summed E-state index contributed by atoms with van der Waals surface area (Å²) >= 11 is 0. The SMILES string of the molecule is CC(C)(C)c1ccc2c(n1)OCO2. The second kappa shape index (κ2) is 2.62. The number of hydrogen-bond acceptors (Lipinski definition) is 3. The Morgan fingerprint density at radius 3 is 2.69 bits per heavy atom. The number of nitrogens with zero attached hydrogens (tertiary/aromatic N) is 1. The minimum Gasteiger partial charge on any atom is -0.452 e. The first-order valence-electron chi connectivity index (χ1n) is 4.34. The van der Waals surface area contributed by atoms with Crippen molar-refractivity contribution in [3.63, 3.8) is 0 Å². The molecule has 0 atom stereocenters. The summed E-state index contributed by atoms with van der Waals surface area (Å²) in [5.41, 5.74) is 1.08. The lowest BCUT2D eigenvalue weighted by Crippen LogP contribution is -2.13. The molecule has 0 saturated heterocycles. The summed E-state index contributed by atoms with van der Waals surface area (Å²) in [5.74, 6) is 1.36. The van der Waals surface area contributed by atoms with Gasteiger partial charge in [-0.05, 0) is 12.1 Å². The van der Waals surface area contributed by atoms with E-state index in [-0.39, 0.29) is 12.2 Å². The Kier molecular flexibility index (Phi) is 1.68. The Morgan fingerprint density at radius 1 is 1.23 bits per heavy atom. The van der Waals surface area contributed by atoms with Crippen molar-refractivity contribution in [2.45, 2.75) is 26.2 Å². The molecule has 2 rings (SSSR count). The lowest BCUT2D eigenvalue weighted by atomic mass is 9.92. The molecule has 0 amide bonds. The van der Waals surface area contributed by atoms with Crippen LogP contribution in [0.25, 0.3) is 0 Å². The van der Waals surface area contributed by atoms with E-state index in [4.69, 9.17) is 9.47 Å². The van der Waals surface area contributed by atoms with Crippen LogP contribution in [0.15, 0.2) is 12.1 Å². The molecule has 0 radical (unpaired) electrons. The molecule has 0 bridgehead atoms. The molecule has 3 nitrogen and oxygen atoms in total. The minimum atomic E-state index is 0.0565. The average molecular weight is 179 g/mol. The predicted molar refractivity (Wildman–Crippen MR) is 49.1 cm³/mol. The van der Waals surface area contributed by atoms with Crippen LogP contribution in [-0.2, 0) is 5.41 Å². The van der Waals surface area contributed by atoms with Crippen LogP contribution in [0.4, 0.5) is 0 Å². The molecule has 1 aliphatic rings. The minimum absolute atomic E-state index is 0.0565. The fourth-order valence-corrected chi connectivity index (χ4v) is 1.21. The van der Waals surface area contributed by atoms with Gasteiger partial charge >= 0.3 is 0 Å². The van der Waals surface area contributed by atoms with Gasteiger partial charge in [0.15, 0.2) is 5.75 Å². The maximum absolute atomic E-state index is 5.20. The highest BCUT2D eigenvalue weighted by atomic mass is 16.7. The smallest absolute Gasteiger partial charge is 0.260 e. The molecule has 0 aromatic carbocycles. The number of aromatic nitrogens is 1. The van der Waals surface area contributed by atoms with Crippen LogP contribution in [0.1, 0.15) is 26.5 Å². The number of pyridine rings is 1. The normalized spacial score (nSPS) is 14.7. The Labute approximate surface area is 77.7 Å². The van der Waals surface area contributed by atoms with Crippen molar-refractivity contribution in [1.29, 1.82) is 0 Å². The van der Waals surface area contributed by atoms with E-state index in [1.807, 2.05) is 12.1 Å². The van der Waals surface area contributed by atoms with Crippen LogP contribution in [0.3, 0.4) is 0 Å². The maximum atomic E-state index is 5.20. The Balaban J connectivity index is 2.42. The van der Waals surface area contributed by atoms with Crippen LogP contribution in [0.5, 0.6) is 11.6 Å². The monoisotopic (exact) mass is 179 g/mol. The zero-order chi connectivity index (χ0) is 9.47. The van der Waals surface area contributed by atoms with Crippen molar-refractivity contribution in [3.05, 3.63) is 17.8 Å². The van der Waals surface area contributed by atoms with Gasteiger partial charge in [0.1, 0.15) is 0 Å².